The predicted octanol–water partition coefficient (Wildman–Crippen LogP) is 3.43. The monoisotopic (exact) mass is 424 g/mol. The molecule has 1 unspecified atom stereocenters. The van der Waals surface area contributed by atoms with Gasteiger partial charge in [-0.2, -0.15) is 0 Å². The van der Waals surface area contributed by atoms with Crippen molar-refractivity contribution in [2.45, 2.75) is 57.7 Å². The molecular formula is C23H28N4O2S. The van der Waals surface area contributed by atoms with E-state index >= 15 is 0 Å². The van der Waals surface area contributed by atoms with E-state index in [4.69, 9.17) is 0 Å². The molecule has 3 aliphatic rings. The lowest BCUT2D eigenvalue weighted by atomic mass is 10.1. The zero-order valence-electron chi connectivity index (χ0n) is 17.2. The molecule has 1 N–H and O–H groups in total. The third-order valence-corrected chi connectivity index (χ3v) is 7.58. The molecule has 3 heterocycles. The minimum Gasteiger partial charge on any atom is -0.339 e. The molecule has 2 fully saturated rings. The number of fused-ring (bicyclic) bond motifs is 1. The fourth-order valence-electron chi connectivity index (χ4n) is 4.96. The molecule has 1 saturated carbocycles. The third kappa shape index (κ3) is 4.14. The number of likely N-dealkylation sites (tertiary alicyclic amines) is 1. The van der Waals surface area contributed by atoms with E-state index in [9.17, 15) is 9.59 Å². The van der Waals surface area contributed by atoms with Crippen molar-refractivity contribution in [1.29, 1.82) is 0 Å². The molecule has 2 aliphatic heterocycles. The van der Waals surface area contributed by atoms with Gasteiger partial charge in [0.05, 0.1) is 11.6 Å². The molecule has 7 heteroatoms. The summed E-state index contributed by atoms with van der Waals surface area (Å²) in [5.74, 6) is -0.179. The van der Waals surface area contributed by atoms with Gasteiger partial charge in [-0.3, -0.25) is 14.5 Å². The summed E-state index contributed by atoms with van der Waals surface area (Å²) in [5, 5.41) is 3.69. The van der Waals surface area contributed by atoms with E-state index in [1.54, 1.807) is 11.3 Å². The Hall–Kier alpha value is -2.25. The minimum atomic E-state index is -0.256. The Morgan fingerprint density at radius 3 is 2.80 bits per heavy atom. The maximum absolute atomic E-state index is 12.8. The number of nitrogens with one attached hydrogen (secondary N) is 1. The Morgan fingerprint density at radius 1 is 1.20 bits per heavy atom. The van der Waals surface area contributed by atoms with Gasteiger partial charge in [0.2, 0.25) is 11.8 Å². The molecular weight excluding hydrogens is 396 g/mol. The first-order valence-corrected chi connectivity index (χ1v) is 11.8. The number of amides is 2. The normalized spacial score (nSPS) is 22.5. The summed E-state index contributed by atoms with van der Waals surface area (Å²) in [6.07, 6.45) is 5.79. The SMILES string of the molecule is O=C(Nc1nc2c(s1)CN(Cc1ccccc1)CC2)C1CC(=O)N(C2CCCC2)C1. The van der Waals surface area contributed by atoms with Crippen LogP contribution in [0.15, 0.2) is 30.3 Å². The summed E-state index contributed by atoms with van der Waals surface area (Å²) in [7, 11) is 0. The lowest BCUT2D eigenvalue weighted by Crippen LogP contribution is -2.35. The number of carbonyl (C=O) groups excluding carboxylic acids is 2. The number of carbonyl (C=O) groups is 2. The van der Waals surface area contributed by atoms with Crippen LogP contribution in [0.1, 0.15) is 48.2 Å². The fraction of sp³-hybridized carbons (Fsp3) is 0.522. The van der Waals surface area contributed by atoms with E-state index in [0.717, 1.165) is 44.6 Å². The van der Waals surface area contributed by atoms with Crippen molar-refractivity contribution < 1.29 is 9.59 Å². The maximum atomic E-state index is 12.8. The van der Waals surface area contributed by atoms with Crippen LogP contribution < -0.4 is 5.32 Å². The van der Waals surface area contributed by atoms with E-state index in [2.05, 4.69) is 39.5 Å². The van der Waals surface area contributed by atoms with Gasteiger partial charge in [0.1, 0.15) is 0 Å². The van der Waals surface area contributed by atoms with Crippen LogP contribution in [0.3, 0.4) is 0 Å². The van der Waals surface area contributed by atoms with Crippen LogP contribution in [0.4, 0.5) is 5.13 Å². The molecule has 158 valence electrons. The average Bonchev–Trinajstić information content (AvgIpc) is 3.47. The van der Waals surface area contributed by atoms with E-state index < -0.39 is 0 Å². The smallest absolute Gasteiger partial charge is 0.231 e. The van der Waals surface area contributed by atoms with Crippen molar-refractivity contribution in [1.82, 2.24) is 14.8 Å². The van der Waals surface area contributed by atoms with Crippen LogP contribution in [-0.4, -0.2) is 45.7 Å². The van der Waals surface area contributed by atoms with E-state index in [0.29, 0.717) is 24.1 Å². The molecule has 2 amide bonds. The van der Waals surface area contributed by atoms with Gasteiger partial charge < -0.3 is 10.2 Å². The largest absolute Gasteiger partial charge is 0.339 e. The molecule has 5 rings (SSSR count). The third-order valence-electron chi connectivity index (χ3n) is 6.58. The molecule has 1 atom stereocenters. The number of hydrogen-bond acceptors (Lipinski definition) is 5. The van der Waals surface area contributed by atoms with Crippen molar-refractivity contribution in [3.05, 3.63) is 46.5 Å². The van der Waals surface area contributed by atoms with Gasteiger partial charge in [-0.05, 0) is 18.4 Å². The summed E-state index contributed by atoms with van der Waals surface area (Å²) in [6, 6.07) is 10.9. The number of nitrogens with zero attached hydrogens (tertiary/aromatic N) is 3. The highest BCUT2D eigenvalue weighted by Gasteiger charge is 2.39. The van der Waals surface area contributed by atoms with Crippen LogP contribution in [0.2, 0.25) is 0 Å². The van der Waals surface area contributed by atoms with Crippen LogP contribution >= 0.6 is 11.3 Å². The van der Waals surface area contributed by atoms with E-state index in [1.165, 1.54) is 23.3 Å². The van der Waals surface area contributed by atoms with Gasteiger partial charge in [-0.25, -0.2) is 4.98 Å². The Bertz CT molecular complexity index is 923. The highest BCUT2D eigenvalue weighted by atomic mass is 32.1. The number of rotatable bonds is 5. The lowest BCUT2D eigenvalue weighted by molar-refractivity contribution is -0.129. The summed E-state index contributed by atoms with van der Waals surface area (Å²) in [6.45, 7) is 3.34. The Morgan fingerprint density at radius 2 is 2.00 bits per heavy atom. The molecule has 1 aromatic heterocycles. The molecule has 1 saturated heterocycles. The molecule has 0 bridgehead atoms. The van der Waals surface area contributed by atoms with Crippen LogP contribution in [0, 0.1) is 5.92 Å². The average molecular weight is 425 g/mol. The molecule has 0 spiro atoms. The minimum absolute atomic E-state index is 0.0592. The van der Waals surface area contributed by atoms with Crippen molar-refractivity contribution in [3.63, 3.8) is 0 Å². The standard InChI is InChI=1S/C23H28N4O2S/c28-21-12-17(14-27(21)18-8-4-5-9-18)22(29)25-23-24-19-10-11-26(15-20(19)30-23)13-16-6-2-1-3-7-16/h1-3,6-7,17-18H,4-5,8-15H2,(H,24,25,29). The number of benzene rings is 1. The molecule has 2 aromatic rings. The zero-order valence-corrected chi connectivity index (χ0v) is 18.0. The Kier molecular flexibility index (Phi) is 5.56. The van der Waals surface area contributed by atoms with E-state index in [1.807, 2.05) is 11.0 Å². The topological polar surface area (TPSA) is 65.5 Å². The second-order valence-corrected chi connectivity index (χ2v) is 9.79. The van der Waals surface area contributed by atoms with Gasteiger partial charge in [0, 0.05) is 49.9 Å². The summed E-state index contributed by atoms with van der Waals surface area (Å²) >= 11 is 1.58. The predicted molar refractivity (Wildman–Crippen MR) is 117 cm³/mol. The molecule has 30 heavy (non-hydrogen) atoms. The van der Waals surface area contributed by atoms with Gasteiger partial charge in [-0.1, -0.05) is 43.2 Å². The lowest BCUT2D eigenvalue weighted by Gasteiger charge is -2.25. The van der Waals surface area contributed by atoms with Crippen molar-refractivity contribution >= 4 is 28.3 Å². The summed E-state index contributed by atoms with van der Waals surface area (Å²) < 4.78 is 0. The molecule has 1 aliphatic carbocycles. The number of thiazole rings is 1. The van der Waals surface area contributed by atoms with Gasteiger partial charge >= 0.3 is 0 Å². The number of aromatic nitrogens is 1. The molecule has 6 nitrogen and oxygen atoms in total. The first-order chi connectivity index (χ1) is 14.7. The Labute approximate surface area is 181 Å². The first-order valence-electron chi connectivity index (χ1n) is 11.0. The van der Waals surface area contributed by atoms with Crippen molar-refractivity contribution in [3.8, 4) is 0 Å². The molecule has 1 aromatic carbocycles. The first kappa shape index (κ1) is 19.7. The number of anilines is 1. The highest BCUT2D eigenvalue weighted by molar-refractivity contribution is 7.15. The maximum Gasteiger partial charge on any atom is 0.231 e. The van der Waals surface area contributed by atoms with E-state index in [-0.39, 0.29) is 17.7 Å². The molecule has 0 radical (unpaired) electrons. The quantitative estimate of drug-likeness (QED) is 0.799. The highest BCUT2D eigenvalue weighted by Crippen LogP contribution is 2.32. The second-order valence-electron chi connectivity index (χ2n) is 8.71. The fourth-order valence-corrected chi connectivity index (χ4v) is 6.02. The zero-order chi connectivity index (χ0) is 20.5. The summed E-state index contributed by atoms with van der Waals surface area (Å²) in [5.41, 5.74) is 2.42. The van der Waals surface area contributed by atoms with Crippen LogP contribution in [0.25, 0.3) is 0 Å². The number of hydrogen-bond donors (Lipinski definition) is 1. The van der Waals surface area contributed by atoms with Gasteiger partial charge in [0.15, 0.2) is 5.13 Å². The van der Waals surface area contributed by atoms with Gasteiger partial charge in [0.25, 0.3) is 0 Å². The van der Waals surface area contributed by atoms with Crippen LogP contribution in [-0.2, 0) is 29.1 Å². The van der Waals surface area contributed by atoms with Crippen molar-refractivity contribution in [2.24, 2.45) is 5.92 Å². The van der Waals surface area contributed by atoms with Crippen LogP contribution in [0.5, 0.6) is 0 Å². The van der Waals surface area contributed by atoms with Crippen molar-refractivity contribution in [2.75, 3.05) is 18.4 Å². The Balaban J connectivity index is 1.19. The second kappa shape index (κ2) is 8.47. The summed E-state index contributed by atoms with van der Waals surface area (Å²) in [4.78, 5) is 35.5. The van der Waals surface area contributed by atoms with Gasteiger partial charge in [-0.15, -0.1) is 11.3 Å².